The minimum Gasteiger partial charge on any atom is -0.372 e. The number of hydrogen-bond acceptors (Lipinski definition) is 3. The van der Waals surface area contributed by atoms with Crippen LogP contribution in [0.25, 0.3) is 0 Å². The molecule has 0 aliphatic heterocycles. The molecular weight excluding hydrogens is 309 g/mol. The van der Waals surface area contributed by atoms with Gasteiger partial charge in [-0.2, -0.15) is 0 Å². The molecule has 0 fully saturated rings. The molecule has 0 heterocycles. The topological polar surface area (TPSA) is 53.8 Å². The Balaban J connectivity index is 2.29. The highest BCUT2D eigenvalue weighted by atomic mass is 31.1. The van der Waals surface area contributed by atoms with Crippen LogP contribution in [0.3, 0.4) is 0 Å². The maximum Gasteiger partial charge on any atom is 0.671 e. The molecule has 0 amide bonds. The van der Waals surface area contributed by atoms with E-state index in [2.05, 4.69) is 0 Å². The largest absolute Gasteiger partial charge is 0.671 e. The van der Waals surface area contributed by atoms with Crippen molar-refractivity contribution < 1.29 is 19.8 Å². The highest BCUT2D eigenvalue weighted by molar-refractivity contribution is 7.74. The second-order valence-corrected chi connectivity index (χ2v) is 7.34. The van der Waals surface area contributed by atoms with Gasteiger partial charge in [0.1, 0.15) is 13.1 Å². The number of hydrogen-bond donors (Lipinski definition) is 2. The molecule has 2 N–H and O–H groups in total. The van der Waals surface area contributed by atoms with Gasteiger partial charge in [0.15, 0.2) is 0 Å². The lowest BCUT2D eigenvalue weighted by atomic mass is 10.4. The number of quaternary nitrogens is 1. The van der Waals surface area contributed by atoms with Crippen LogP contribution in [0.5, 0.6) is 0 Å². The third-order valence-corrected chi connectivity index (χ3v) is 5.97. The summed E-state index contributed by atoms with van der Waals surface area (Å²) in [4.78, 5) is 17.8. The van der Waals surface area contributed by atoms with E-state index < -0.39 is 19.7 Å². The van der Waals surface area contributed by atoms with E-state index >= 15 is 0 Å². The van der Waals surface area contributed by atoms with Crippen molar-refractivity contribution in [2.75, 3.05) is 13.1 Å². The van der Waals surface area contributed by atoms with Crippen molar-refractivity contribution in [3.8, 4) is 0 Å². The zero-order valence-electron chi connectivity index (χ0n) is 13.5. The predicted octanol–water partition coefficient (Wildman–Crippen LogP) is 0.821. The normalized spacial score (nSPS) is 12.4. The Morgan fingerprint density at radius 3 is 1.83 bits per heavy atom. The van der Waals surface area contributed by atoms with Crippen LogP contribution in [0.1, 0.15) is 13.8 Å². The first-order valence-electron chi connectivity index (χ1n) is 7.81. The predicted molar refractivity (Wildman–Crippen MR) is 93.2 cm³/mol. The van der Waals surface area contributed by atoms with Crippen LogP contribution in [-0.2, 0) is 9.63 Å². The van der Waals surface area contributed by atoms with Gasteiger partial charge in [-0.3, -0.25) is 0 Å². The summed E-state index contributed by atoms with van der Waals surface area (Å²) >= 11 is 0. The van der Waals surface area contributed by atoms with E-state index in [9.17, 15) is 9.90 Å². The summed E-state index contributed by atoms with van der Waals surface area (Å²) in [5.74, 6) is -1.74. The van der Waals surface area contributed by atoms with Gasteiger partial charge in [-0.1, -0.05) is 70.6 Å². The van der Waals surface area contributed by atoms with Gasteiger partial charge in [0, 0.05) is 7.92 Å². The Bertz CT molecular complexity index is 563. The maximum absolute atomic E-state index is 12.4. The molecule has 1 unspecified atom stereocenters. The van der Waals surface area contributed by atoms with Crippen molar-refractivity contribution >= 4 is 24.5 Å². The quantitative estimate of drug-likeness (QED) is 0.448. The molecule has 0 saturated carbocycles. The Hall–Kier alpha value is -1.74. The van der Waals surface area contributed by atoms with E-state index in [-0.39, 0.29) is 0 Å². The monoisotopic (exact) mass is 332 g/mol. The molecule has 5 heteroatoms. The smallest absolute Gasteiger partial charge is 0.372 e. The molecule has 4 nitrogen and oxygen atoms in total. The number of aliphatic hydroxyl groups excluding tert-OH is 1. The Morgan fingerprint density at radius 1 is 1.00 bits per heavy atom. The summed E-state index contributed by atoms with van der Waals surface area (Å²) in [6.45, 7) is 5.22. The molecule has 0 aromatic heterocycles. The number of aliphatic hydroxyl groups is 1. The molecule has 0 saturated heterocycles. The molecular formula is C18H23NO3P+2. The van der Waals surface area contributed by atoms with Crippen LogP contribution in [0.2, 0.25) is 0 Å². The van der Waals surface area contributed by atoms with Gasteiger partial charge in [0.25, 0.3) is 5.85 Å². The van der Waals surface area contributed by atoms with Crippen LogP contribution < -0.4 is 15.7 Å². The lowest BCUT2D eigenvalue weighted by molar-refractivity contribution is -1.07. The van der Waals surface area contributed by atoms with E-state index in [4.69, 9.17) is 4.84 Å². The van der Waals surface area contributed by atoms with Gasteiger partial charge in [-0.15, -0.1) is 0 Å². The Kier molecular flexibility index (Phi) is 6.72. The molecule has 1 radical (unpaired) electrons. The molecule has 0 spiro atoms. The first-order valence-corrected chi connectivity index (χ1v) is 9.22. The van der Waals surface area contributed by atoms with E-state index in [0.717, 1.165) is 10.6 Å². The molecule has 121 valence electrons. The van der Waals surface area contributed by atoms with Crippen LogP contribution in [0, 0.1) is 0 Å². The lowest BCUT2D eigenvalue weighted by Gasteiger charge is -2.19. The average Bonchev–Trinajstić information content (AvgIpc) is 2.61. The van der Waals surface area contributed by atoms with Gasteiger partial charge < -0.3 is 5.11 Å². The third kappa shape index (κ3) is 4.61. The number of carbonyl (C=O) groups excluding carboxylic acids is 1. The highest BCUT2D eigenvalue weighted by Gasteiger charge is 2.42. The highest BCUT2D eigenvalue weighted by Crippen LogP contribution is 2.38. The van der Waals surface area contributed by atoms with Crippen molar-refractivity contribution in [3.05, 3.63) is 60.7 Å². The molecule has 23 heavy (non-hydrogen) atoms. The molecule has 0 aliphatic rings. The summed E-state index contributed by atoms with van der Waals surface area (Å²) in [5, 5.41) is 13.3. The Morgan fingerprint density at radius 2 is 1.43 bits per heavy atom. The van der Waals surface area contributed by atoms with Crippen molar-refractivity contribution in [2.24, 2.45) is 0 Å². The van der Waals surface area contributed by atoms with Crippen LogP contribution in [0.4, 0.5) is 0 Å². The molecule has 2 aromatic rings. The maximum atomic E-state index is 12.4. The van der Waals surface area contributed by atoms with Crippen molar-refractivity contribution in [1.29, 1.82) is 0 Å². The molecule has 0 bridgehead atoms. The second-order valence-electron chi connectivity index (χ2n) is 5.08. The second kappa shape index (κ2) is 8.78. The minimum absolute atomic E-state index is 0.567. The average molecular weight is 332 g/mol. The van der Waals surface area contributed by atoms with Crippen molar-refractivity contribution in [2.45, 2.75) is 19.7 Å². The van der Waals surface area contributed by atoms with Gasteiger partial charge in [-0.25, -0.2) is 0 Å². The summed E-state index contributed by atoms with van der Waals surface area (Å²) in [6.07, 6.45) is 0. The molecule has 2 rings (SSSR count). The Labute approximate surface area is 138 Å². The number of rotatable bonds is 7. The number of benzene rings is 2. The summed E-state index contributed by atoms with van der Waals surface area (Å²) in [6, 6.07) is 19.3. The zero-order valence-corrected chi connectivity index (χ0v) is 14.4. The summed E-state index contributed by atoms with van der Waals surface area (Å²) in [5.41, 5.74) is 0. The molecule has 1 atom stereocenters. The fourth-order valence-corrected chi connectivity index (χ4v) is 4.42. The lowest BCUT2D eigenvalue weighted by Crippen LogP contribution is -3.11. The number of hydroxylamine groups is 2. The fourth-order valence-electron chi connectivity index (χ4n) is 2.30. The van der Waals surface area contributed by atoms with Crippen LogP contribution >= 0.6 is 7.92 Å². The van der Waals surface area contributed by atoms with Crippen molar-refractivity contribution in [1.82, 2.24) is 0 Å². The van der Waals surface area contributed by atoms with E-state index in [1.165, 1.54) is 0 Å². The van der Waals surface area contributed by atoms with E-state index in [0.29, 0.717) is 18.2 Å². The fraction of sp³-hybridized carbons (Fsp3) is 0.278. The van der Waals surface area contributed by atoms with Gasteiger partial charge in [0.2, 0.25) is 0 Å². The molecule has 2 aromatic carbocycles. The molecule has 0 aliphatic carbocycles. The summed E-state index contributed by atoms with van der Waals surface area (Å²) < 4.78 is 0. The zero-order chi connectivity index (χ0) is 16.7. The van der Waals surface area contributed by atoms with E-state index in [1.807, 2.05) is 74.5 Å². The minimum atomic E-state index is -1.22. The third-order valence-electron chi connectivity index (χ3n) is 3.56. The standard InChI is InChI=1S/C18H22NO3P/c1-3-19(4-2)22-17(20)18(21)23(15-11-7-5-8-12-15)16-13-9-6-10-14-16/h5-14,18,21H,3-4H2,1-2H3/q+1/p+1. The number of carbonyl (C=O) groups is 1. The summed E-state index contributed by atoms with van der Waals surface area (Å²) in [7, 11) is -1.22. The van der Waals surface area contributed by atoms with Crippen LogP contribution in [0.15, 0.2) is 60.7 Å². The van der Waals surface area contributed by atoms with Crippen molar-refractivity contribution in [3.63, 3.8) is 0 Å². The first kappa shape index (κ1) is 17.6. The SMILES string of the molecule is CC[NH+](CC)OC(=[O+])C(O)P(c1ccccc1)c1ccccc1. The number of nitrogens with one attached hydrogen (secondary N) is 1. The van der Waals surface area contributed by atoms with Gasteiger partial charge in [-0.05, 0) is 24.5 Å². The van der Waals surface area contributed by atoms with Gasteiger partial charge >= 0.3 is 5.97 Å². The van der Waals surface area contributed by atoms with Gasteiger partial charge in [0.05, 0.1) is 4.79 Å². The first-order chi connectivity index (χ1) is 11.2. The van der Waals surface area contributed by atoms with Crippen LogP contribution in [-0.4, -0.2) is 30.0 Å². The van der Waals surface area contributed by atoms with E-state index in [1.54, 1.807) is 0 Å².